The van der Waals surface area contributed by atoms with E-state index in [0.717, 1.165) is 31.3 Å². The van der Waals surface area contributed by atoms with Crippen LogP contribution in [0.1, 0.15) is 12.8 Å². The summed E-state index contributed by atoms with van der Waals surface area (Å²) in [4.78, 5) is 27.3. The summed E-state index contributed by atoms with van der Waals surface area (Å²) in [6.07, 6.45) is 3.25. The van der Waals surface area contributed by atoms with E-state index in [9.17, 15) is 9.59 Å². The van der Waals surface area contributed by atoms with Gasteiger partial charge in [0.15, 0.2) is 0 Å². The Hall–Kier alpha value is -2.05. The van der Waals surface area contributed by atoms with Gasteiger partial charge in [-0.1, -0.05) is 11.6 Å². The minimum atomic E-state index is -0.313. The average molecular weight is 336 g/mol. The number of H-pyrrole nitrogens is 1. The second-order valence-electron chi connectivity index (χ2n) is 5.74. The van der Waals surface area contributed by atoms with Crippen molar-refractivity contribution in [3.8, 4) is 5.75 Å². The van der Waals surface area contributed by atoms with Gasteiger partial charge in [-0.2, -0.15) is 0 Å². The summed E-state index contributed by atoms with van der Waals surface area (Å²) in [6, 6.07) is 5.24. The van der Waals surface area contributed by atoms with Crippen molar-refractivity contribution in [1.29, 1.82) is 0 Å². The molecule has 0 bridgehead atoms. The van der Waals surface area contributed by atoms with Crippen LogP contribution in [-0.4, -0.2) is 41.5 Å². The standard InChI is InChI=1S/C16H18ClN3O3/c17-13-8-12-10(1-4-19-16(12)22)7-14(13)23-11-2-5-20(6-3-11)9-15(18)21/h1,4,7-8,11H,2-3,5-6,9H2,(H2,18,21)(H,19,22). The Morgan fingerprint density at radius 1 is 1.39 bits per heavy atom. The number of rotatable bonds is 4. The normalized spacial score (nSPS) is 16.6. The molecule has 0 spiro atoms. The number of hydrogen-bond donors (Lipinski definition) is 2. The van der Waals surface area contributed by atoms with Crippen LogP contribution in [0.3, 0.4) is 0 Å². The van der Waals surface area contributed by atoms with Crippen molar-refractivity contribution in [2.24, 2.45) is 5.73 Å². The molecule has 1 aliphatic rings. The van der Waals surface area contributed by atoms with Crippen LogP contribution >= 0.6 is 11.6 Å². The predicted molar refractivity (Wildman–Crippen MR) is 88.9 cm³/mol. The second kappa shape index (κ2) is 6.60. The summed E-state index contributed by atoms with van der Waals surface area (Å²) >= 11 is 6.24. The van der Waals surface area contributed by atoms with Gasteiger partial charge in [0.25, 0.3) is 5.56 Å². The summed E-state index contributed by atoms with van der Waals surface area (Å²) in [6.45, 7) is 1.81. The molecule has 1 aliphatic heterocycles. The zero-order valence-corrected chi connectivity index (χ0v) is 13.3. The number of pyridine rings is 1. The maximum atomic E-state index is 11.8. The van der Waals surface area contributed by atoms with Crippen molar-refractivity contribution in [3.63, 3.8) is 0 Å². The van der Waals surface area contributed by atoms with E-state index in [4.69, 9.17) is 22.1 Å². The van der Waals surface area contributed by atoms with Crippen LogP contribution < -0.4 is 16.0 Å². The van der Waals surface area contributed by atoms with Crippen LogP contribution in [0.25, 0.3) is 10.8 Å². The van der Waals surface area contributed by atoms with E-state index >= 15 is 0 Å². The van der Waals surface area contributed by atoms with Gasteiger partial charge in [-0.05, 0) is 36.4 Å². The van der Waals surface area contributed by atoms with Crippen molar-refractivity contribution >= 4 is 28.3 Å². The van der Waals surface area contributed by atoms with Gasteiger partial charge in [0.2, 0.25) is 5.91 Å². The van der Waals surface area contributed by atoms with Gasteiger partial charge in [0.1, 0.15) is 11.9 Å². The number of nitrogens with zero attached hydrogens (tertiary/aromatic N) is 1. The van der Waals surface area contributed by atoms with Crippen molar-refractivity contribution in [2.45, 2.75) is 18.9 Å². The first kappa shape index (κ1) is 15.8. The molecule has 0 unspecified atom stereocenters. The van der Waals surface area contributed by atoms with E-state index < -0.39 is 0 Å². The Kier molecular flexibility index (Phi) is 4.54. The fourth-order valence-electron chi connectivity index (χ4n) is 2.86. The van der Waals surface area contributed by atoms with Gasteiger partial charge in [-0.25, -0.2) is 0 Å². The van der Waals surface area contributed by atoms with Gasteiger partial charge in [0.05, 0.1) is 11.6 Å². The highest BCUT2D eigenvalue weighted by Crippen LogP contribution is 2.30. The Labute approximate surface area is 138 Å². The summed E-state index contributed by atoms with van der Waals surface area (Å²) in [5, 5.41) is 1.76. The second-order valence-corrected chi connectivity index (χ2v) is 6.14. The predicted octanol–water partition coefficient (Wildman–Crippen LogP) is 1.51. The molecule has 1 fully saturated rings. The van der Waals surface area contributed by atoms with E-state index in [2.05, 4.69) is 4.98 Å². The SMILES string of the molecule is NC(=O)CN1CCC(Oc2cc3cc[nH]c(=O)c3cc2Cl)CC1. The number of aromatic nitrogens is 1. The Balaban J connectivity index is 1.71. The third-order valence-electron chi connectivity index (χ3n) is 4.03. The molecular weight excluding hydrogens is 318 g/mol. The molecule has 0 atom stereocenters. The number of nitrogens with one attached hydrogen (secondary N) is 1. The van der Waals surface area contributed by atoms with Gasteiger partial charge in [-0.15, -0.1) is 0 Å². The number of fused-ring (bicyclic) bond motifs is 1. The molecule has 6 nitrogen and oxygen atoms in total. The number of piperidine rings is 1. The van der Waals surface area contributed by atoms with Gasteiger partial charge < -0.3 is 15.5 Å². The van der Waals surface area contributed by atoms with E-state index in [-0.39, 0.29) is 24.1 Å². The topological polar surface area (TPSA) is 88.4 Å². The number of hydrogen-bond acceptors (Lipinski definition) is 4. The number of aromatic amines is 1. The molecule has 0 saturated carbocycles. The lowest BCUT2D eigenvalue weighted by molar-refractivity contribution is -0.119. The number of halogens is 1. The van der Waals surface area contributed by atoms with Crippen molar-refractivity contribution < 1.29 is 9.53 Å². The number of amides is 1. The highest BCUT2D eigenvalue weighted by Gasteiger charge is 2.22. The van der Waals surface area contributed by atoms with Crippen LogP contribution in [0.5, 0.6) is 5.75 Å². The third kappa shape index (κ3) is 3.65. The quantitative estimate of drug-likeness (QED) is 0.886. The first-order valence-corrected chi connectivity index (χ1v) is 7.89. The van der Waals surface area contributed by atoms with Crippen LogP contribution in [0.15, 0.2) is 29.2 Å². The molecule has 1 amide bonds. The highest BCUT2D eigenvalue weighted by molar-refractivity contribution is 6.32. The molecule has 2 heterocycles. The van der Waals surface area contributed by atoms with Crippen molar-refractivity contribution in [2.75, 3.05) is 19.6 Å². The first-order valence-electron chi connectivity index (χ1n) is 7.51. The summed E-state index contributed by atoms with van der Waals surface area (Å²) in [7, 11) is 0. The largest absolute Gasteiger partial charge is 0.489 e. The maximum absolute atomic E-state index is 11.8. The van der Waals surface area contributed by atoms with Crippen LogP contribution in [-0.2, 0) is 4.79 Å². The van der Waals surface area contributed by atoms with E-state index in [0.29, 0.717) is 16.2 Å². The number of likely N-dealkylation sites (tertiary alicyclic amines) is 1. The summed E-state index contributed by atoms with van der Waals surface area (Å²) in [5.74, 6) is 0.269. The number of primary amides is 1. The zero-order valence-electron chi connectivity index (χ0n) is 12.5. The molecule has 2 aromatic rings. The minimum absolute atomic E-state index is 0.0380. The van der Waals surface area contributed by atoms with Crippen LogP contribution in [0, 0.1) is 0 Å². The number of carbonyl (C=O) groups excluding carboxylic acids is 1. The molecule has 7 heteroatoms. The Morgan fingerprint density at radius 3 is 2.83 bits per heavy atom. The zero-order chi connectivity index (χ0) is 16.4. The Bertz CT molecular complexity index is 782. The van der Waals surface area contributed by atoms with Crippen molar-refractivity contribution in [3.05, 3.63) is 39.8 Å². The molecule has 3 rings (SSSR count). The van der Waals surface area contributed by atoms with E-state index in [1.807, 2.05) is 11.0 Å². The minimum Gasteiger partial charge on any atom is -0.489 e. The fraction of sp³-hybridized carbons (Fsp3) is 0.375. The fourth-order valence-corrected chi connectivity index (χ4v) is 3.07. The lowest BCUT2D eigenvalue weighted by atomic mass is 10.1. The number of benzene rings is 1. The van der Waals surface area contributed by atoms with E-state index in [1.54, 1.807) is 18.3 Å². The van der Waals surface area contributed by atoms with Crippen molar-refractivity contribution in [1.82, 2.24) is 9.88 Å². The van der Waals surface area contributed by atoms with Gasteiger partial charge >= 0.3 is 0 Å². The van der Waals surface area contributed by atoms with Crippen LogP contribution in [0.4, 0.5) is 0 Å². The van der Waals surface area contributed by atoms with E-state index in [1.165, 1.54) is 0 Å². The average Bonchev–Trinajstić information content (AvgIpc) is 2.50. The van der Waals surface area contributed by atoms with Gasteiger partial charge in [-0.3, -0.25) is 14.5 Å². The maximum Gasteiger partial charge on any atom is 0.255 e. The molecule has 23 heavy (non-hydrogen) atoms. The lowest BCUT2D eigenvalue weighted by Crippen LogP contribution is -2.42. The molecule has 0 aliphatic carbocycles. The van der Waals surface area contributed by atoms with Crippen LogP contribution in [0.2, 0.25) is 5.02 Å². The molecule has 1 aromatic heterocycles. The number of carbonyl (C=O) groups is 1. The Morgan fingerprint density at radius 2 is 2.13 bits per heavy atom. The smallest absolute Gasteiger partial charge is 0.255 e. The number of ether oxygens (including phenoxy) is 1. The molecule has 0 radical (unpaired) electrons. The molecular formula is C16H18ClN3O3. The number of nitrogens with two attached hydrogens (primary N) is 1. The first-order chi connectivity index (χ1) is 11.0. The third-order valence-corrected chi connectivity index (χ3v) is 4.33. The molecule has 122 valence electrons. The molecule has 1 aromatic carbocycles. The van der Waals surface area contributed by atoms with Gasteiger partial charge in [0, 0.05) is 24.7 Å². The summed E-state index contributed by atoms with van der Waals surface area (Å²) in [5.41, 5.74) is 5.04. The summed E-state index contributed by atoms with van der Waals surface area (Å²) < 4.78 is 6.00. The molecule has 1 saturated heterocycles. The highest BCUT2D eigenvalue weighted by atomic mass is 35.5. The lowest BCUT2D eigenvalue weighted by Gasteiger charge is -2.31. The monoisotopic (exact) mass is 335 g/mol. The molecule has 3 N–H and O–H groups in total.